The molecule has 2 atom stereocenters. The molecule has 6 heteroatoms. The van der Waals surface area contributed by atoms with Crippen LogP contribution in [-0.2, 0) is 9.53 Å². The molecule has 0 aliphatic rings. The topological polar surface area (TPSA) is 68.7 Å². The van der Waals surface area contributed by atoms with Crippen LogP contribution in [0.15, 0.2) is 43.1 Å². The summed E-state index contributed by atoms with van der Waals surface area (Å²) >= 11 is 6.13. The number of carboxylic acids is 1. The van der Waals surface area contributed by atoms with E-state index < -0.39 is 12.1 Å². The Labute approximate surface area is 139 Å². The predicted octanol–water partition coefficient (Wildman–Crippen LogP) is 3.56. The molecule has 0 saturated carbocycles. The molecule has 1 heterocycles. The summed E-state index contributed by atoms with van der Waals surface area (Å²) in [4.78, 5) is 15.8. The summed E-state index contributed by atoms with van der Waals surface area (Å²) in [5.74, 6) is -1.02. The highest BCUT2D eigenvalue weighted by molar-refractivity contribution is 6.35. The van der Waals surface area contributed by atoms with Gasteiger partial charge in [0.05, 0.1) is 18.2 Å². The molecular formula is C17H18ClNO4. The first-order valence-corrected chi connectivity index (χ1v) is 7.53. The molecule has 0 aliphatic heterocycles. The number of aliphatic carboxylic acids is 1. The number of benzene rings is 1. The zero-order valence-electron chi connectivity index (χ0n) is 12.7. The number of carboxylic acid groups (broad SMARTS) is 1. The lowest BCUT2D eigenvalue weighted by atomic mass is 10.1. The zero-order chi connectivity index (χ0) is 16.8. The predicted molar refractivity (Wildman–Crippen MR) is 89.0 cm³/mol. The van der Waals surface area contributed by atoms with Gasteiger partial charge in [-0.1, -0.05) is 24.6 Å². The molecule has 0 radical (unpaired) electrons. The Bertz CT molecular complexity index is 704. The number of carbonyl (C=O) groups is 1. The van der Waals surface area contributed by atoms with E-state index in [9.17, 15) is 9.90 Å². The second kappa shape index (κ2) is 7.94. The maximum Gasteiger partial charge on any atom is 0.345 e. The Kier molecular flexibility index (Phi) is 5.96. The normalized spacial score (nSPS) is 13.5. The van der Waals surface area contributed by atoms with Gasteiger partial charge in [0.15, 0.2) is 6.10 Å². The average molecular weight is 336 g/mol. The lowest BCUT2D eigenvalue weighted by Crippen LogP contribution is -2.36. The van der Waals surface area contributed by atoms with E-state index in [0.717, 1.165) is 0 Å². The quantitative estimate of drug-likeness (QED) is 0.590. The molecule has 0 saturated heterocycles. The number of aromatic nitrogens is 1. The molecule has 0 amide bonds. The van der Waals surface area contributed by atoms with Crippen molar-refractivity contribution in [3.8, 4) is 5.75 Å². The van der Waals surface area contributed by atoms with Gasteiger partial charge in [-0.15, -0.1) is 6.58 Å². The van der Waals surface area contributed by atoms with E-state index in [1.54, 1.807) is 37.4 Å². The van der Waals surface area contributed by atoms with Crippen molar-refractivity contribution in [1.29, 1.82) is 0 Å². The average Bonchev–Trinajstić information content (AvgIpc) is 2.54. The van der Waals surface area contributed by atoms with Crippen LogP contribution in [0.3, 0.4) is 0 Å². The minimum atomic E-state index is -1.06. The maximum atomic E-state index is 11.5. The monoisotopic (exact) mass is 335 g/mol. The molecule has 0 fully saturated rings. The Hall–Kier alpha value is -2.11. The Balaban J connectivity index is 2.25. The maximum absolute atomic E-state index is 11.5. The van der Waals surface area contributed by atoms with Crippen LogP contribution < -0.4 is 4.74 Å². The highest BCUT2D eigenvalue weighted by atomic mass is 35.5. The highest BCUT2D eigenvalue weighted by Crippen LogP contribution is 2.31. The fourth-order valence-electron chi connectivity index (χ4n) is 2.18. The van der Waals surface area contributed by atoms with Crippen LogP contribution >= 0.6 is 11.6 Å². The van der Waals surface area contributed by atoms with Gasteiger partial charge in [-0.2, -0.15) is 0 Å². The third kappa shape index (κ3) is 4.21. The Morgan fingerprint density at radius 3 is 2.96 bits per heavy atom. The molecule has 1 N–H and O–H groups in total. The van der Waals surface area contributed by atoms with Gasteiger partial charge in [-0.3, -0.25) is 4.98 Å². The lowest BCUT2D eigenvalue weighted by Gasteiger charge is -2.22. The van der Waals surface area contributed by atoms with Crippen molar-refractivity contribution >= 4 is 28.5 Å². The number of fused-ring (bicyclic) bond motifs is 1. The van der Waals surface area contributed by atoms with Crippen LogP contribution in [0.5, 0.6) is 5.75 Å². The molecule has 5 nitrogen and oxygen atoms in total. The van der Waals surface area contributed by atoms with Gasteiger partial charge in [-0.25, -0.2) is 4.79 Å². The Morgan fingerprint density at radius 1 is 1.48 bits per heavy atom. The number of rotatable bonds is 8. The van der Waals surface area contributed by atoms with Gasteiger partial charge in [-0.05, 0) is 24.3 Å². The fraction of sp³-hybridized carbons (Fsp3) is 0.294. The summed E-state index contributed by atoms with van der Waals surface area (Å²) in [7, 11) is 0. The van der Waals surface area contributed by atoms with Crippen LogP contribution in [0.2, 0.25) is 5.02 Å². The molecule has 2 rings (SSSR count). The third-order valence-electron chi connectivity index (χ3n) is 3.31. The third-order valence-corrected chi connectivity index (χ3v) is 3.64. The Morgan fingerprint density at radius 2 is 2.26 bits per heavy atom. The minimum absolute atomic E-state index is 0.252. The molecule has 0 aliphatic carbocycles. The van der Waals surface area contributed by atoms with Crippen LogP contribution in [0.25, 0.3) is 10.9 Å². The standard InChI is InChI=1S/C17H18ClNO4/c1-3-9-22-10-11(2)16(17(20)21)23-14-7-6-13(18)12-5-4-8-19-15(12)14/h3-8,11,16H,1,9-10H2,2H3,(H,20,21). The number of nitrogens with zero attached hydrogens (tertiary/aromatic N) is 1. The second-order valence-corrected chi connectivity index (χ2v) is 5.53. The molecule has 1 aromatic carbocycles. The molecule has 2 aromatic rings. The van der Waals surface area contributed by atoms with Crippen molar-refractivity contribution < 1.29 is 19.4 Å². The zero-order valence-corrected chi connectivity index (χ0v) is 13.5. The molecule has 0 spiro atoms. The van der Waals surface area contributed by atoms with E-state index in [4.69, 9.17) is 21.1 Å². The number of hydrogen-bond donors (Lipinski definition) is 1. The van der Waals surface area contributed by atoms with Crippen molar-refractivity contribution in [2.75, 3.05) is 13.2 Å². The number of hydrogen-bond acceptors (Lipinski definition) is 4. The van der Waals surface area contributed by atoms with Crippen LogP contribution in [-0.4, -0.2) is 35.4 Å². The summed E-state index contributed by atoms with van der Waals surface area (Å²) in [6.45, 7) is 5.93. The van der Waals surface area contributed by atoms with Gasteiger partial charge >= 0.3 is 5.97 Å². The van der Waals surface area contributed by atoms with E-state index in [1.165, 1.54) is 0 Å². The first-order valence-electron chi connectivity index (χ1n) is 7.16. The number of halogens is 1. The first kappa shape index (κ1) is 17.2. The number of pyridine rings is 1. The summed E-state index contributed by atoms with van der Waals surface area (Å²) in [6, 6.07) is 6.87. The summed E-state index contributed by atoms with van der Waals surface area (Å²) in [6.07, 6.45) is 2.17. The molecule has 122 valence electrons. The molecule has 1 aromatic heterocycles. The summed E-state index contributed by atoms with van der Waals surface area (Å²) in [5, 5.41) is 10.7. The second-order valence-electron chi connectivity index (χ2n) is 5.13. The molecular weight excluding hydrogens is 318 g/mol. The SMILES string of the molecule is C=CCOCC(C)C(Oc1ccc(Cl)c2cccnc12)C(=O)O. The van der Waals surface area contributed by atoms with Crippen LogP contribution in [0, 0.1) is 5.92 Å². The van der Waals surface area contributed by atoms with Crippen LogP contribution in [0.1, 0.15) is 6.92 Å². The van der Waals surface area contributed by atoms with Crippen molar-refractivity contribution in [3.05, 3.63) is 48.1 Å². The fourth-order valence-corrected chi connectivity index (χ4v) is 2.39. The minimum Gasteiger partial charge on any atom is -0.478 e. The van der Waals surface area contributed by atoms with Crippen molar-refractivity contribution in [2.24, 2.45) is 5.92 Å². The molecule has 0 bridgehead atoms. The van der Waals surface area contributed by atoms with Crippen molar-refractivity contribution in [2.45, 2.75) is 13.0 Å². The van der Waals surface area contributed by atoms with E-state index in [1.807, 2.05) is 6.07 Å². The smallest absolute Gasteiger partial charge is 0.345 e. The van der Waals surface area contributed by atoms with E-state index >= 15 is 0 Å². The van der Waals surface area contributed by atoms with E-state index in [-0.39, 0.29) is 12.5 Å². The molecule has 23 heavy (non-hydrogen) atoms. The first-order chi connectivity index (χ1) is 11.0. The molecule has 2 unspecified atom stereocenters. The lowest BCUT2D eigenvalue weighted by molar-refractivity contribution is -0.148. The van der Waals surface area contributed by atoms with Gasteiger partial charge < -0.3 is 14.6 Å². The van der Waals surface area contributed by atoms with Gasteiger partial charge in [0.2, 0.25) is 0 Å². The van der Waals surface area contributed by atoms with Crippen LogP contribution in [0.4, 0.5) is 0 Å². The van der Waals surface area contributed by atoms with Gasteiger partial charge in [0, 0.05) is 17.5 Å². The van der Waals surface area contributed by atoms with E-state index in [0.29, 0.717) is 28.3 Å². The summed E-state index contributed by atoms with van der Waals surface area (Å²) in [5.41, 5.74) is 0.533. The van der Waals surface area contributed by atoms with Crippen molar-refractivity contribution in [1.82, 2.24) is 4.98 Å². The largest absolute Gasteiger partial charge is 0.478 e. The highest BCUT2D eigenvalue weighted by Gasteiger charge is 2.28. The summed E-state index contributed by atoms with van der Waals surface area (Å²) < 4.78 is 11.0. The van der Waals surface area contributed by atoms with Gasteiger partial charge in [0.1, 0.15) is 11.3 Å². The number of ether oxygens (including phenoxy) is 2. The van der Waals surface area contributed by atoms with E-state index in [2.05, 4.69) is 11.6 Å². The van der Waals surface area contributed by atoms with Crippen molar-refractivity contribution in [3.63, 3.8) is 0 Å². The van der Waals surface area contributed by atoms with Gasteiger partial charge in [0.25, 0.3) is 0 Å².